The third-order valence-corrected chi connectivity index (χ3v) is 6.12. The minimum absolute atomic E-state index is 0.0111. The molecule has 0 saturated heterocycles. The van der Waals surface area contributed by atoms with Crippen LogP contribution in [0.4, 0.5) is 13.2 Å². The zero-order chi connectivity index (χ0) is 18.0. The van der Waals surface area contributed by atoms with E-state index in [2.05, 4.69) is 4.98 Å². The summed E-state index contributed by atoms with van der Waals surface area (Å²) < 4.78 is 40.3. The molecule has 1 aliphatic rings. The second-order valence-electron chi connectivity index (χ2n) is 5.64. The molecular formula is C17H13F3N2OS2. The first kappa shape index (κ1) is 18.0. The number of hydrogen-bond donors (Lipinski definition) is 0. The van der Waals surface area contributed by atoms with Crippen molar-refractivity contribution in [3.63, 3.8) is 0 Å². The zero-order valence-electron chi connectivity index (χ0n) is 13.0. The highest BCUT2D eigenvalue weighted by atomic mass is 32.2. The van der Waals surface area contributed by atoms with Crippen molar-refractivity contribution >= 4 is 28.9 Å². The summed E-state index contributed by atoms with van der Waals surface area (Å²) in [5.41, 5.74) is -1.33. The molecule has 2 aromatic heterocycles. The van der Waals surface area contributed by atoms with Crippen molar-refractivity contribution in [1.82, 2.24) is 4.98 Å². The van der Waals surface area contributed by atoms with Gasteiger partial charge in [0.25, 0.3) is 0 Å². The molecule has 1 fully saturated rings. The molecule has 0 bridgehead atoms. The van der Waals surface area contributed by atoms with Crippen LogP contribution in [-0.2, 0) is 11.0 Å². The highest BCUT2D eigenvalue weighted by Gasteiger charge is 2.37. The largest absolute Gasteiger partial charge is 0.417 e. The standard InChI is InChI=1S/C17H13F3N2OS2/c18-17(19,20)11-8-12(14-6-3-7-24-14)22-16(10(11)9-21)25-15-5-2-1-4-13(15)23/h3,6-8,15H,1-2,4-5H2. The number of hydrogen-bond acceptors (Lipinski definition) is 5. The van der Waals surface area contributed by atoms with E-state index in [1.54, 1.807) is 23.6 Å². The SMILES string of the molecule is N#Cc1c(C(F)(F)F)cc(-c2cccs2)nc1SC1CCCCC1=O. The predicted molar refractivity (Wildman–Crippen MR) is 90.4 cm³/mol. The lowest BCUT2D eigenvalue weighted by atomic mass is 9.99. The second-order valence-corrected chi connectivity index (χ2v) is 7.78. The predicted octanol–water partition coefficient (Wildman–Crippen LogP) is 5.30. The Labute approximate surface area is 150 Å². The van der Waals surface area contributed by atoms with Gasteiger partial charge >= 0.3 is 6.18 Å². The van der Waals surface area contributed by atoms with Crippen LogP contribution in [-0.4, -0.2) is 16.0 Å². The second kappa shape index (κ2) is 7.18. The van der Waals surface area contributed by atoms with Gasteiger partial charge in [-0.1, -0.05) is 24.2 Å². The number of carbonyl (C=O) groups is 1. The van der Waals surface area contributed by atoms with Gasteiger partial charge in [-0.25, -0.2) is 4.98 Å². The quantitative estimate of drug-likeness (QED) is 0.722. The summed E-state index contributed by atoms with van der Waals surface area (Å²) in [5.74, 6) is 0.0111. The average Bonchev–Trinajstić information content (AvgIpc) is 3.10. The Balaban J connectivity index is 2.10. The van der Waals surface area contributed by atoms with Gasteiger partial charge in [-0.05, 0) is 30.4 Å². The number of pyridine rings is 1. The lowest BCUT2D eigenvalue weighted by molar-refractivity contribution is -0.138. The first-order chi connectivity index (χ1) is 11.9. The first-order valence-electron chi connectivity index (χ1n) is 7.65. The molecule has 1 saturated carbocycles. The fourth-order valence-corrected chi connectivity index (χ4v) is 4.61. The zero-order valence-corrected chi connectivity index (χ0v) is 14.6. The topological polar surface area (TPSA) is 53.8 Å². The molecule has 0 N–H and O–H groups in total. The van der Waals surface area contributed by atoms with Crippen LogP contribution in [0.1, 0.15) is 36.8 Å². The van der Waals surface area contributed by atoms with Crippen molar-refractivity contribution < 1.29 is 18.0 Å². The number of carbonyl (C=O) groups excluding carboxylic acids is 1. The molecule has 8 heteroatoms. The molecule has 0 spiro atoms. The van der Waals surface area contributed by atoms with Crippen LogP contribution in [0.2, 0.25) is 0 Å². The van der Waals surface area contributed by atoms with Crippen LogP contribution in [0.5, 0.6) is 0 Å². The number of ketones is 1. The van der Waals surface area contributed by atoms with Gasteiger partial charge in [-0.15, -0.1) is 11.3 Å². The molecule has 25 heavy (non-hydrogen) atoms. The molecule has 1 aliphatic carbocycles. The van der Waals surface area contributed by atoms with E-state index in [0.29, 0.717) is 17.7 Å². The van der Waals surface area contributed by atoms with Crippen molar-refractivity contribution in [1.29, 1.82) is 5.26 Å². The Kier molecular flexibility index (Phi) is 5.16. The number of rotatable bonds is 3. The number of thioether (sulfide) groups is 1. The summed E-state index contributed by atoms with van der Waals surface area (Å²) >= 11 is 2.26. The maximum absolute atomic E-state index is 13.4. The molecule has 3 rings (SSSR count). The molecule has 1 unspecified atom stereocenters. The van der Waals surface area contributed by atoms with Crippen molar-refractivity contribution in [2.75, 3.05) is 0 Å². The summed E-state index contributed by atoms with van der Waals surface area (Å²) in [6, 6.07) is 5.96. The molecular weight excluding hydrogens is 369 g/mol. The Morgan fingerprint density at radius 2 is 2.16 bits per heavy atom. The summed E-state index contributed by atoms with van der Waals surface area (Å²) in [6.45, 7) is 0. The number of alkyl halides is 3. The maximum Gasteiger partial charge on any atom is 0.417 e. The monoisotopic (exact) mass is 382 g/mol. The minimum atomic E-state index is -4.66. The van der Waals surface area contributed by atoms with E-state index in [9.17, 15) is 23.2 Å². The third-order valence-electron chi connectivity index (χ3n) is 3.93. The maximum atomic E-state index is 13.4. The highest BCUT2D eigenvalue weighted by Crippen LogP contribution is 2.41. The fourth-order valence-electron chi connectivity index (χ4n) is 2.70. The lowest BCUT2D eigenvalue weighted by Crippen LogP contribution is -2.22. The van der Waals surface area contributed by atoms with E-state index in [-0.39, 0.29) is 16.5 Å². The van der Waals surface area contributed by atoms with Crippen molar-refractivity contribution in [2.24, 2.45) is 0 Å². The molecule has 0 aromatic carbocycles. The summed E-state index contributed by atoms with van der Waals surface area (Å²) in [6.07, 6.45) is -1.98. The molecule has 130 valence electrons. The van der Waals surface area contributed by atoms with E-state index in [4.69, 9.17) is 0 Å². The molecule has 2 heterocycles. The number of aromatic nitrogens is 1. The van der Waals surface area contributed by atoms with Gasteiger partial charge in [-0.3, -0.25) is 4.79 Å². The van der Waals surface area contributed by atoms with Gasteiger partial charge in [0.15, 0.2) is 0 Å². The molecule has 1 atom stereocenters. The van der Waals surface area contributed by atoms with E-state index < -0.39 is 22.6 Å². The van der Waals surface area contributed by atoms with Gasteiger partial charge in [0.05, 0.1) is 26.9 Å². The van der Waals surface area contributed by atoms with E-state index in [0.717, 1.165) is 30.7 Å². The number of halogens is 3. The Bertz CT molecular complexity index is 826. The van der Waals surface area contributed by atoms with Gasteiger partial charge in [0.1, 0.15) is 16.9 Å². The van der Waals surface area contributed by atoms with Crippen LogP contribution in [0, 0.1) is 11.3 Å². The lowest BCUT2D eigenvalue weighted by Gasteiger charge is -2.21. The van der Waals surface area contributed by atoms with Crippen molar-refractivity contribution in [3.8, 4) is 16.6 Å². The van der Waals surface area contributed by atoms with Gasteiger partial charge in [0.2, 0.25) is 0 Å². The van der Waals surface area contributed by atoms with Crippen LogP contribution in [0.3, 0.4) is 0 Å². The highest BCUT2D eigenvalue weighted by molar-refractivity contribution is 8.00. The molecule has 3 nitrogen and oxygen atoms in total. The molecule has 0 radical (unpaired) electrons. The Hall–Kier alpha value is -1.85. The van der Waals surface area contributed by atoms with E-state index in [1.807, 2.05) is 0 Å². The van der Waals surface area contributed by atoms with Crippen molar-refractivity contribution in [2.45, 2.75) is 42.1 Å². The van der Waals surface area contributed by atoms with Gasteiger partial charge in [0, 0.05) is 6.42 Å². The van der Waals surface area contributed by atoms with E-state index in [1.165, 1.54) is 11.3 Å². The molecule has 0 aliphatic heterocycles. The first-order valence-corrected chi connectivity index (χ1v) is 9.41. The normalized spacial score (nSPS) is 18.2. The van der Waals surface area contributed by atoms with Gasteiger partial charge < -0.3 is 0 Å². The molecule has 0 amide bonds. The number of Topliss-reactive ketones (excluding diaryl/α,β-unsaturated/α-hetero) is 1. The number of nitrogens with zero attached hydrogens (tertiary/aromatic N) is 2. The van der Waals surface area contributed by atoms with Crippen LogP contribution < -0.4 is 0 Å². The van der Waals surface area contributed by atoms with E-state index >= 15 is 0 Å². The van der Waals surface area contributed by atoms with Gasteiger partial charge in [-0.2, -0.15) is 18.4 Å². The average molecular weight is 382 g/mol. The van der Waals surface area contributed by atoms with Crippen LogP contribution >= 0.6 is 23.1 Å². The summed E-state index contributed by atoms with van der Waals surface area (Å²) in [7, 11) is 0. The number of thiophene rings is 1. The summed E-state index contributed by atoms with van der Waals surface area (Å²) in [4.78, 5) is 16.9. The minimum Gasteiger partial charge on any atom is -0.298 e. The van der Waals surface area contributed by atoms with Crippen LogP contribution in [0.15, 0.2) is 28.6 Å². The van der Waals surface area contributed by atoms with Crippen molar-refractivity contribution in [3.05, 3.63) is 34.7 Å². The fraction of sp³-hybridized carbons (Fsp3) is 0.353. The molecule has 2 aromatic rings. The smallest absolute Gasteiger partial charge is 0.298 e. The van der Waals surface area contributed by atoms with Crippen LogP contribution in [0.25, 0.3) is 10.6 Å². The third kappa shape index (κ3) is 3.88. The Morgan fingerprint density at radius 1 is 1.36 bits per heavy atom. The number of nitriles is 1. The Morgan fingerprint density at radius 3 is 2.76 bits per heavy atom. The summed E-state index contributed by atoms with van der Waals surface area (Å²) in [5, 5.41) is 10.6.